The minimum atomic E-state index is -0.489. The van der Waals surface area contributed by atoms with E-state index in [0.29, 0.717) is 13.1 Å². The van der Waals surface area contributed by atoms with E-state index in [9.17, 15) is 9.59 Å². The Morgan fingerprint density at radius 1 is 1.19 bits per heavy atom. The number of likely N-dealkylation sites (tertiary alicyclic amines) is 1. The summed E-state index contributed by atoms with van der Waals surface area (Å²) in [5, 5.41) is 5.05. The lowest BCUT2D eigenvalue weighted by Gasteiger charge is -2.33. The summed E-state index contributed by atoms with van der Waals surface area (Å²) in [6, 6.07) is 3.85. The molecule has 3 rings (SSSR count). The van der Waals surface area contributed by atoms with Gasteiger partial charge in [0.25, 0.3) is 0 Å². The van der Waals surface area contributed by atoms with Crippen LogP contribution in [0.4, 0.5) is 4.79 Å². The van der Waals surface area contributed by atoms with E-state index in [1.165, 1.54) is 11.6 Å². The van der Waals surface area contributed by atoms with Crippen molar-refractivity contribution in [3.05, 3.63) is 23.9 Å². The number of rotatable bonds is 2. The van der Waals surface area contributed by atoms with Crippen LogP contribution in [-0.4, -0.2) is 51.5 Å². The topological polar surface area (TPSA) is 73.7 Å². The van der Waals surface area contributed by atoms with E-state index >= 15 is 0 Å². The van der Waals surface area contributed by atoms with Crippen molar-refractivity contribution in [1.29, 1.82) is 0 Å². The van der Waals surface area contributed by atoms with Crippen molar-refractivity contribution in [1.82, 2.24) is 14.7 Å². The second-order valence-corrected chi connectivity index (χ2v) is 8.04. The third kappa shape index (κ3) is 4.40. The maximum Gasteiger partial charge on any atom is 0.410 e. The number of carbonyl (C=O) groups is 2. The zero-order valence-corrected chi connectivity index (χ0v) is 16.6. The molecule has 0 N–H and O–H groups in total. The lowest BCUT2D eigenvalue weighted by atomic mass is 10.1. The minimum absolute atomic E-state index is 0.0218. The van der Waals surface area contributed by atoms with Gasteiger partial charge in [0.15, 0.2) is 0 Å². The van der Waals surface area contributed by atoms with Crippen LogP contribution >= 0.6 is 0 Å². The van der Waals surface area contributed by atoms with Crippen LogP contribution in [0.15, 0.2) is 18.3 Å². The second-order valence-electron chi connectivity index (χ2n) is 8.04. The molecule has 1 aliphatic heterocycles. The first-order valence-electron chi connectivity index (χ1n) is 9.28. The first kappa shape index (κ1) is 19.2. The quantitative estimate of drug-likeness (QED) is 0.801. The third-order valence-corrected chi connectivity index (χ3v) is 4.55. The van der Waals surface area contributed by atoms with Gasteiger partial charge in [-0.3, -0.25) is 4.79 Å². The van der Waals surface area contributed by atoms with E-state index in [4.69, 9.17) is 9.47 Å². The number of hydrogen-bond acceptors (Lipinski definition) is 5. The molecular formula is C20H27N3O4. The predicted molar refractivity (Wildman–Crippen MR) is 102 cm³/mol. The summed E-state index contributed by atoms with van der Waals surface area (Å²) in [5.74, 6) is 0.617. The van der Waals surface area contributed by atoms with Gasteiger partial charge in [-0.1, -0.05) is 0 Å². The van der Waals surface area contributed by atoms with E-state index < -0.39 is 5.60 Å². The second kappa shape index (κ2) is 7.21. The van der Waals surface area contributed by atoms with E-state index in [0.717, 1.165) is 35.1 Å². The number of benzene rings is 1. The molecule has 1 amide bonds. The van der Waals surface area contributed by atoms with Crippen molar-refractivity contribution in [2.45, 2.75) is 59.2 Å². The molecule has 1 saturated heterocycles. The Labute approximate surface area is 159 Å². The number of amides is 1. The monoisotopic (exact) mass is 373 g/mol. The van der Waals surface area contributed by atoms with Crippen LogP contribution in [-0.2, 0) is 4.74 Å². The van der Waals surface area contributed by atoms with Gasteiger partial charge in [0, 0.05) is 44.3 Å². The highest BCUT2D eigenvalue weighted by molar-refractivity contribution is 5.90. The van der Waals surface area contributed by atoms with Crippen molar-refractivity contribution < 1.29 is 19.1 Å². The Balaban J connectivity index is 1.67. The van der Waals surface area contributed by atoms with Crippen LogP contribution in [0, 0.1) is 6.92 Å². The number of ether oxygens (including phenoxy) is 2. The Bertz CT molecular complexity index is 858. The third-order valence-electron chi connectivity index (χ3n) is 4.55. The molecule has 0 radical (unpaired) electrons. The van der Waals surface area contributed by atoms with Gasteiger partial charge in [0.1, 0.15) is 17.5 Å². The number of nitrogens with zero attached hydrogens (tertiary/aromatic N) is 3. The van der Waals surface area contributed by atoms with Crippen LogP contribution in [0.2, 0.25) is 0 Å². The van der Waals surface area contributed by atoms with Crippen molar-refractivity contribution in [3.8, 4) is 5.75 Å². The van der Waals surface area contributed by atoms with E-state index in [-0.39, 0.29) is 18.1 Å². The summed E-state index contributed by atoms with van der Waals surface area (Å²) in [7, 11) is 0. The summed E-state index contributed by atoms with van der Waals surface area (Å²) >= 11 is 0. The molecule has 7 nitrogen and oxygen atoms in total. The molecular weight excluding hydrogens is 346 g/mol. The number of aromatic nitrogens is 2. The predicted octanol–water partition coefficient (Wildman–Crippen LogP) is 3.78. The van der Waals surface area contributed by atoms with Crippen LogP contribution in [0.1, 0.15) is 50.9 Å². The van der Waals surface area contributed by atoms with Gasteiger partial charge in [-0.2, -0.15) is 5.10 Å². The summed E-state index contributed by atoms with van der Waals surface area (Å²) < 4.78 is 13.0. The van der Waals surface area contributed by atoms with Gasteiger partial charge in [-0.25, -0.2) is 9.48 Å². The Morgan fingerprint density at radius 3 is 2.44 bits per heavy atom. The molecule has 2 aromatic rings. The van der Waals surface area contributed by atoms with Crippen molar-refractivity contribution >= 4 is 22.9 Å². The summed E-state index contributed by atoms with van der Waals surface area (Å²) in [5.41, 5.74) is 1.26. The fourth-order valence-corrected chi connectivity index (χ4v) is 3.21. The van der Waals surface area contributed by atoms with Crippen LogP contribution in [0.5, 0.6) is 5.75 Å². The molecule has 1 aliphatic rings. The van der Waals surface area contributed by atoms with Gasteiger partial charge in [-0.15, -0.1) is 0 Å². The Hall–Kier alpha value is -2.57. The zero-order valence-electron chi connectivity index (χ0n) is 16.6. The first-order valence-corrected chi connectivity index (χ1v) is 9.28. The molecule has 0 atom stereocenters. The van der Waals surface area contributed by atoms with E-state index in [2.05, 4.69) is 5.10 Å². The minimum Gasteiger partial charge on any atom is -0.490 e. The number of piperidine rings is 1. The van der Waals surface area contributed by atoms with Crippen molar-refractivity contribution in [2.24, 2.45) is 0 Å². The van der Waals surface area contributed by atoms with Crippen LogP contribution < -0.4 is 4.74 Å². The fraction of sp³-hybridized carbons (Fsp3) is 0.550. The number of fused-ring (bicyclic) bond motifs is 1. The molecule has 1 aromatic heterocycles. The van der Waals surface area contributed by atoms with Crippen molar-refractivity contribution in [3.63, 3.8) is 0 Å². The highest BCUT2D eigenvalue weighted by Crippen LogP contribution is 2.28. The van der Waals surface area contributed by atoms with Gasteiger partial charge in [0.05, 0.1) is 11.7 Å². The molecule has 7 heteroatoms. The molecule has 27 heavy (non-hydrogen) atoms. The molecule has 2 heterocycles. The standard InChI is InChI=1S/C20H27N3O4/c1-13-10-15-12-21-23(14(2)24)17(15)11-18(13)26-16-6-8-22(9-7-16)19(25)27-20(3,4)5/h10-12,16H,6-9H2,1-5H3. The molecule has 146 valence electrons. The Morgan fingerprint density at radius 2 is 1.85 bits per heavy atom. The smallest absolute Gasteiger partial charge is 0.410 e. The van der Waals surface area contributed by atoms with Gasteiger partial charge >= 0.3 is 6.09 Å². The largest absolute Gasteiger partial charge is 0.490 e. The van der Waals surface area contributed by atoms with Crippen LogP contribution in [0.25, 0.3) is 10.9 Å². The molecule has 0 spiro atoms. The van der Waals surface area contributed by atoms with Crippen LogP contribution in [0.3, 0.4) is 0 Å². The molecule has 0 unspecified atom stereocenters. The zero-order chi connectivity index (χ0) is 19.8. The maximum absolute atomic E-state index is 12.2. The lowest BCUT2D eigenvalue weighted by molar-refractivity contribution is 0.0126. The number of aryl methyl sites for hydroxylation is 1. The van der Waals surface area contributed by atoms with Gasteiger partial charge in [-0.05, 0) is 39.3 Å². The van der Waals surface area contributed by atoms with Gasteiger partial charge < -0.3 is 14.4 Å². The maximum atomic E-state index is 12.2. The summed E-state index contributed by atoms with van der Waals surface area (Å²) in [4.78, 5) is 25.6. The molecule has 0 saturated carbocycles. The molecule has 0 aliphatic carbocycles. The summed E-state index contributed by atoms with van der Waals surface area (Å²) in [6.07, 6.45) is 2.91. The number of hydrogen-bond donors (Lipinski definition) is 0. The average Bonchev–Trinajstić information content (AvgIpc) is 2.97. The SMILES string of the molecule is CC(=O)n1ncc2cc(C)c(OC3CCN(C(=O)OC(C)(C)C)CC3)cc21. The highest BCUT2D eigenvalue weighted by Gasteiger charge is 2.28. The molecule has 0 bridgehead atoms. The fourth-order valence-electron chi connectivity index (χ4n) is 3.21. The van der Waals surface area contributed by atoms with E-state index in [1.807, 2.05) is 39.8 Å². The van der Waals surface area contributed by atoms with Gasteiger partial charge in [0.2, 0.25) is 5.91 Å². The van der Waals surface area contributed by atoms with E-state index in [1.54, 1.807) is 11.1 Å². The normalized spacial score (nSPS) is 15.8. The Kier molecular flexibility index (Phi) is 5.13. The molecule has 1 aromatic carbocycles. The average molecular weight is 373 g/mol. The number of carbonyl (C=O) groups excluding carboxylic acids is 2. The molecule has 1 fully saturated rings. The highest BCUT2D eigenvalue weighted by atomic mass is 16.6. The first-order chi connectivity index (χ1) is 12.6. The van der Waals surface area contributed by atoms with Crippen molar-refractivity contribution in [2.75, 3.05) is 13.1 Å². The lowest BCUT2D eigenvalue weighted by Crippen LogP contribution is -2.44. The summed E-state index contributed by atoms with van der Waals surface area (Å²) in [6.45, 7) is 10.3.